The molecule has 0 aromatic heterocycles. The number of phenols is 2. The molecular weight excluding hydrogens is 592 g/mol. The van der Waals surface area contributed by atoms with Crippen LogP contribution >= 0.6 is 0 Å². The van der Waals surface area contributed by atoms with Gasteiger partial charge in [-0.3, -0.25) is 9.59 Å². The maximum atomic E-state index is 13.9. The van der Waals surface area contributed by atoms with Crippen LogP contribution in [0.3, 0.4) is 0 Å². The molecule has 13 heteroatoms. The number of hydrogen-bond acceptors (Lipinski definition) is 13. The van der Waals surface area contributed by atoms with Crippen LogP contribution in [-0.4, -0.2) is 86.7 Å². The van der Waals surface area contributed by atoms with Gasteiger partial charge in [0.05, 0.1) is 25.7 Å². The van der Waals surface area contributed by atoms with Crippen molar-refractivity contribution in [2.75, 3.05) is 14.2 Å². The third-order valence-electron chi connectivity index (χ3n) is 9.67. The number of fused-ring (bicyclic) bond motifs is 4. The molecule has 238 valence electrons. The van der Waals surface area contributed by atoms with Crippen LogP contribution in [0.5, 0.6) is 23.0 Å². The van der Waals surface area contributed by atoms with Crippen molar-refractivity contribution in [3.63, 3.8) is 0 Å². The monoisotopic (exact) mass is 624 g/mol. The van der Waals surface area contributed by atoms with Gasteiger partial charge in [0.1, 0.15) is 52.1 Å². The molecule has 0 radical (unpaired) electrons. The van der Waals surface area contributed by atoms with Crippen LogP contribution < -0.4 is 9.47 Å². The topological polar surface area (TPSA) is 206 Å². The van der Waals surface area contributed by atoms with Gasteiger partial charge in [0, 0.05) is 17.5 Å². The number of phenolic OH excluding ortho intramolecular Hbond substituents is 2. The first-order chi connectivity index (χ1) is 21.3. The number of carbonyl (C=O) groups is 4. The van der Waals surface area contributed by atoms with Gasteiger partial charge in [-0.25, -0.2) is 9.59 Å². The summed E-state index contributed by atoms with van der Waals surface area (Å²) in [7, 11) is 2.16. The molecule has 2 fully saturated rings. The van der Waals surface area contributed by atoms with Crippen molar-refractivity contribution < 1.29 is 63.7 Å². The van der Waals surface area contributed by atoms with Gasteiger partial charge in [0.15, 0.2) is 11.6 Å². The third-order valence-corrected chi connectivity index (χ3v) is 9.67. The van der Waals surface area contributed by atoms with E-state index in [0.717, 1.165) is 14.2 Å². The Morgan fingerprint density at radius 1 is 0.800 bits per heavy atom. The number of ketones is 2. The fourth-order valence-corrected chi connectivity index (χ4v) is 7.32. The van der Waals surface area contributed by atoms with Crippen LogP contribution in [0.4, 0.5) is 0 Å². The SMILES string of the molecule is COC(=O)C12Oc3ccc(-c4ccc5c(c4O)C(=O)C4CCC(C)C(O)C4(C(=O)OC)O5)c(O)c3C(O)=C1C(=O)CC(C)C2O. The van der Waals surface area contributed by atoms with E-state index in [9.17, 15) is 44.7 Å². The molecule has 2 aliphatic heterocycles. The second-order valence-corrected chi connectivity index (χ2v) is 12.1. The molecule has 0 amide bonds. The number of rotatable bonds is 3. The lowest BCUT2D eigenvalue weighted by Gasteiger charge is -2.49. The van der Waals surface area contributed by atoms with E-state index in [1.54, 1.807) is 6.92 Å². The third kappa shape index (κ3) is 3.80. The number of aromatic hydroxyl groups is 2. The maximum absolute atomic E-state index is 13.9. The summed E-state index contributed by atoms with van der Waals surface area (Å²) in [4.78, 5) is 53.0. The second kappa shape index (κ2) is 10.2. The first kappa shape index (κ1) is 30.4. The lowest BCUT2D eigenvalue weighted by atomic mass is 9.65. The Bertz CT molecular complexity index is 1710. The molecule has 0 spiro atoms. The minimum Gasteiger partial charge on any atom is -0.506 e. The molecule has 2 saturated carbocycles. The van der Waals surface area contributed by atoms with Gasteiger partial charge in [-0.2, -0.15) is 0 Å². The number of benzene rings is 2. The van der Waals surface area contributed by atoms with Crippen LogP contribution in [0, 0.1) is 17.8 Å². The highest BCUT2D eigenvalue weighted by atomic mass is 16.6. The molecule has 7 unspecified atom stereocenters. The number of esters is 2. The number of aliphatic hydroxyl groups excluding tert-OH is 3. The highest BCUT2D eigenvalue weighted by molar-refractivity contribution is 6.13. The molecule has 0 saturated heterocycles. The van der Waals surface area contributed by atoms with Gasteiger partial charge in [-0.05, 0) is 48.9 Å². The Morgan fingerprint density at radius 3 is 1.98 bits per heavy atom. The van der Waals surface area contributed by atoms with Crippen molar-refractivity contribution >= 4 is 29.3 Å². The zero-order valence-corrected chi connectivity index (χ0v) is 24.8. The summed E-state index contributed by atoms with van der Waals surface area (Å²) < 4.78 is 21.7. The highest BCUT2D eigenvalue weighted by Gasteiger charge is 2.65. The molecule has 4 aliphatic rings. The van der Waals surface area contributed by atoms with Gasteiger partial charge in [-0.15, -0.1) is 0 Å². The Kier molecular flexibility index (Phi) is 6.90. The van der Waals surface area contributed by atoms with E-state index in [0.29, 0.717) is 6.42 Å². The van der Waals surface area contributed by atoms with E-state index in [4.69, 9.17) is 18.9 Å². The number of hydrogen-bond donors (Lipinski definition) is 5. The van der Waals surface area contributed by atoms with Crippen molar-refractivity contribution in [3.05, 3.63) is 41.0 Å². The molecule has 6 rings (SSSR count). The molecule has 13 nitrogen and oxygen atoms in total. The number of methoxy groups -OCH3 is 2. The van der Waals surface area contributed by atoms with Gasteiger partial charge >= 0.3 is 11.9 Å². The van der Waals surface area contributed by atoms with E-state index >= 15 is 0 Å². The molecule has 2 heterocycles. The molecular formula is C32H32O13. The Labute approximate surface area is 256 Å². The fraction of sp³-hybridized carbons (Fsp3) is 0.438. The number of Topliss-reactive ketones (excluding diaryl/α,β-unsaturated/α-hetero) is 2. The summed E-state index contributed by atoms with van der Waals surface area (Å²) >= 11 is 0. The smallest absolute Gasteiger partial charge is 0.358 e. The molecule has 7 atom stereocenters. The second-order valence-electron chi connectivity index (χ2n) is 12.1. The van der Waals surface area contributed by atoms with Crippen molar-refractivity contribution in [2.45, 2.75) is 56.5 Å². The van der Waals surface area contributed by atoms with Crippen LogP contribution in [0.15, 0.2) is 29.8 Å². The molecule has 2 aliphatic carbocycles. The van der Waals surface area contributed by atoms with Crippen molar-refractivity contribution in [1.29, 1.82) is 0 Å². The first-order valence-electron chi connectivity index (χ1n) is 14.4. The predicted molar refractivity (Wildman–Crippen MR) is 153 cm³/mol. The van der Waals surface area contributed by atoms with E-state index in [-0.39, 0.29) is 46.6 Å². The van der Waals surface area contributed by atoms with Crippen molar-refractivity contribution in [2.24, 2.45) is 17.8 Å². The molecule has 0 bridgehead atoms. The fourth-order valence-electron chi connectivity index (χ4n) is 7.32. The summed E-state index contributed by atoms with van der Waals surface area (Å²) in [5, 5.41) is 56.3. The zero-order valence-electron chi connectivity index (χ0n) is 24.8. The average Bonchev–Trinajstić information content (AvgIpc) is 3.01. The largest absolute Gasteiger partial charge is 0.506 e. The Balaban J connectivity index is 1.50. The van der Waals surface area contributed by atoms with Crippen LogP contribution in [0.25, 0.3) is 16.9 Å². The maximum Gasteiger partial charge on any atom is 0.358 e. The zero-order chi connectivity index (χ0) is 32.7. The van der Waals surface area contributed by atoms with E-state index in [2.05, 4.69) is 0 Å². The quantitative estimate of drug-likeness (QED) is 0.311. The number of aliphatic hydroxyl groups is 3. The van der Waals surface area contributed by atoms with Crippen molar-refractivity contribution in [3.8, 4) is 34.1 Å². The number of carbonyl (C=O) groups excluding carboxylic acids is 4. The van der Waals surface area contributed by atoms with Gasteiger partial charge in [0.25, 0.3) is 5.60 Å². The van der Waals surface area contributed by atoms with Crippen LogP contribution in [-0.2, 0) is 23.9 Å². The van der Waals surface area contributed by atoms with Gasteiger partial charge in [-0.1, -0.05) is 13.8 Å². The minimum absolute atomic E-state index is 0.0764. The number of ether oxygens (including phenoxy) is 4. The normalized spacial score (nSPS) is 31.8. The Morgan fingerprint density at radius 2 is 1.38 bits per heavy atom. The highest BCUT2D eigenvalue weighted by Crippen LogP contribution is 2.55. The van der Waals surface area contributed by atoms with Crippen LogP contribution in [0.1, 0.15) is 49.0 Å². The molecule has 45 heavy (non-hydrogen) atoms. The first-order valence-corrected chi connectivity index (χ1v) is 14.4. The van der Waals surface area contributed by atoms with Crippen molar-refractivity contribution in [1.82, 2.24) is 0 Å². The summed E-state index contributed by atoms with van der Waals surface area (Å²) in [6.07, 6.45) is -2.62. The lowest BCUT2D eigenvalue weighted by Crippen LogP contribution is -2.67. The van der Waals surface area contributed by atoms with E-state index in [1.165, 1.54) is 31.2 Å². The lowest BCUT2D eigenvalue weighted by molar-refractivity contribution is -0.189. The van der Waals surface area contributed by atoms with Crippen LogP contribution in [0.2, 0.25) is 0 Å². The Hall–Kier alpha value is -4.62. The summed E-state index contributed by atoms with van der Waals surface area (Å²) in [5.74, 6) is -8.25. The summed E-state index contributed by atoms with van der Waals surface area (Å²) in [6, 6.07) is 5.15. The van der Waals surface area contributed by atoms with E-state index in [1.807, 2.05) is 0 Å². The minimum atomic E-state index is -2.39. The van der Waals surface area contributed by atoms with E-state index < -0.39 is 87.5 Å². The summed E-state index contributed by atoms with van der Waals surface area (Å²) in [5.41, 5.74) is -5.82. The average molecular weight is 625 g/mol. The predicted octanol–water partition coefficient (Wildman–Crippen LogP) is 2.20. The molecule has 5 N–H and O–H groups in total. The van der Waals surface area contributed by atoms with Gasteiger partial charge in [0.2, 0.25) is 5.60 Å². The molecule has 2 aromatic rings. The summed E-state index contributed by atoms with van der Waals surface area (Å²) in [6.45, 7) is 3.26. The molecule has 2 aromatic carbocycles. The standard InChI is InChI=1S/C32H32O13/c1-12-5-8-16-25(36)20-18(44-31(16,27(12)38)29(40)42-3)9-6-14(23(20)34)15-7-10-19-21(24(15)35)26(37)22-17(33)11-13(2)28(39)32(22,45-19)30(41)43-4/h6-7,9-10,12-13,16,27-28,34-35,37-39H,5,8,11H2,1-4H3. The van der Waals surface area contributed by atoms with Gasteiger partial charge < -0.3 is 44.5 Å².